The number of rotatable bonds is 5. The number of hydrogen-bond acceptors (Lipinski definition) is 3. The predicted octanol–water partition coefficient (Wildman–Crippen LogP) is 1.93. The van der Waals surface area contributed by atoms with Gasteiger partial charge in [0.15, 0.2) is 0 Å². The van der Waals surface area contributed by atoms with E-state index in [9.17, 15) is 4.79 Å². The highest BCUT2D eigenvalue weighted by molar-refractivity contribution is 5.93. The molecular formula is C15H23N3O. The lowest BCUT2D eigenvalue weighted by atomic mass is 9.99. The van der Waals surface area contributed by atoms with Gasteiger partial charge in [0.2, 0.25) is 0 Å². The average Bonchev–Trinajstić information content (AvgIpc) is 2.46. The zero-order valence-electron chi connectivity index (χ0n) is 11.6. The summed E-state index contributed by atoms with van der Waals surface area (Å²) < 4.78 is 0. The lowest BCUT2D eigenvalue weighted by molar-refractivity contribution is 0.0950. The first kappa shape index (κ1) is 14.0. The summed E-state index contributed by atoms with van der Waals surface area (Å²) in [6, 6.07) is 3.47. The van der Waals surface area contributed by atoms with Crippen LogP contribution in [0, 0.1) is 5.92 Å². The molecule has 1 N–H and O–H groups in total. The van der Waals surface area contributed by atoms with Crippen LogP contribution in [0.2, 0.25) is 0 Å². The van der Waals surface area contributed by atoms with E-state index in [4.69, 9.17) is 0 Å². The van der Waals surface area contributed by atoms with Crippen LogP contribution in [0.25, 0.3) is 0 Å². The summed E-state index contributed by atoms with van der Waals surface area (Å²) in [5.74, 6) is 0.873. The summed E-state index contributed by atoms with van der Waals surface area (Å²) in [7, 11) is 0. The van der Waals surface area contributed by atoms with Gasteiger partial charge in [-0.1, -0.05) is 6.92 Å². The van der Waals surface area contributed by atoms with Crippen LogP contribution in [-0.2, 0) is 0 Å². The Balaban J connectivity index is 1.61. The molecule has 4 nitrogen and oxygen atoms in total. The fourth-order valence-corrected chi connectivity index (χ4v) is 2.40. The van der Waals surface area contributed by atoms with Crippen molar-refractivity contribution in [3.63, 3.8) is 0 Å². The second kappa shape index (κ2) is 7.24. The number of carbonyl (C=O) groups excluding carboxylic acids is 1. The van der Waals surface area contributed by atoms with Crippen molar-refractivity contribution in [3.05, 3.63) is 30.1 Å². The van der Waals surface area contributed by atoms with Crippen LogP contribution in [0.3, 0.4) is 0 Å². The molecule has 0 saturated carbocycles. The molecule has 1 saturated heterocycles. The van der Waals surface area contributed by atoms with Crippen LogP contribution in [-0.4, -0.2) is 42.0 Å². The van der Waals surface area contributed by atoms with Crippen molar-refractivity contribution in [1.29, 1.82) is 0 Å². The first-order chi connectivity index (χ1) is 9.25. The fourth-order valence-electron chi connectivity index (χ4n) is 2.40. The van der Waals surface area contributed by atoms with E-state index in [0.29, 0.717) is 5.56 Å². The molecule has 1 aliphatic heterocycles. The Labute approximate surface area is 115 Å². The second-order valence-corrected chi connectivity index (χ2v) is 5.37. The van der Waals surface area contributed by atoms with Crippen molar-refractivity contribution in [1.82, 2.24) is 15.2 Å². The lowest BCUT2D eigenvalue weighted by Crippen LogP contribution is -2.35. The zero-order chi connectivity index (χ0) is 13.5. The summed E-state index contributed by atoms with van der Waals surface area (Å²) in [4.78, 5) is 18.2. The third kappa shape index (κ3) is 4.63. The summed E-state index contributed by atoms with van der Waals surface area (Å²) >= 11 is 0. The van der Waals surface area contributed by atoms with Gasteiger partial charge in [0.05, 0.1) is 0 Å². The molecule has 4 heteroatoms. The van der Waals surface area contributed by atoms with Crippen LogP contribution < -0.4 is 5.32 Å². The molecule has 0 radical (unpaired) electrons. The molecule has 1 amide bonds. The Bertz CT molecular complexity index is 386. The Hall–Kier alpha value is -1.42. The maximum absolute atomic E-state index is 11.8. The minimum Gasteiger partial charge on any atom is -0.352 e. The number of amides is 1. The van der Waals surface area contributed by atoms with Gasteiger partial charge < -0.3 is 10.2 Å². The quantitative estimate of drug-likeness (QED) is 0.824. The van der Waals surface area contributed by atoms with Gasteiger partial charge in [0.1, 0.15) is 0 Å². The second-order valence-electron chi connectivity index (χ2n) is 5.37. The van der Waals surface area contributed by atoms with Gasteiger partial charge in [-0.15, -0.1) is 0 Å². The standard InChI is InChI=1S/C15H23N3O/c1-13-5-11-18(12-6-13)10-2-7-17-15(19)14-3-8-16-9-4-14/h3-4,8-9,13H,2,5-7,10-12H2,1H3,(H,17,19). The van der Waals surface area contributed by atoms with E-state index in [1.165, 1.54) is 25.9 Å². The highest BCUT2D eigenvalue weighted by atomic mass is 16.1. The smallest absolute Gasteiger partial charge is 0.251 e. The molecular weight excluding hydrogens is 238 g/mol. The first-order valence-corrected chi connectivity index (χ1v) is 7.16. The van der Waals surface area contributed by atoms with Gasteiger partial charge in [-0.25, -0.2) is 0 Å². The SMILES string of the molecule is CC1CCN(CCCNC(=O)c2ccncc2)CC1. The fraction of sp³-hybridized carbons (Fsp3) is 0.600. The van der Waals surface area contributed by atoms with Crippen molar-refractivity contribution < 1.29 is 4.79 Å². The van der Waals surface area contributed by atoms with Crippen molar-refractivity contribution in [3.8, 4) is 0 Å². The van der Waals surface area contributed by atoms with Crippen LogP contribution in [0.15, 0.2) is 24.5 Å². The molecule has 0 aromatic carbocycles. The van der Waals surface area contributed by atoms with Crippen molar-refractivity contribution >= 4 is 5.91 Å². The van der Waals surface area contributed by atoms with E-state index in [2.05, 4.69) is 22.1 Å². The molecule has 0 bridgehead atoms. The van der Waals surface area contributed by atoms with Gasteiger partial charge in [0, 0.05) is 24.5 Å². The number of piperidine rings is 1. The molecule has 19 heavy (non-hydrogen) atoms. The minimum absolute atomic E-state index is 0.00494. The third-order valence-corrected chi connectivity index (χ3v) is 3.76. The number of nitrogens with one attached hydrogen (secondary N) is 1. The maximum Gasteiger partial charge on any atom is 0.251 e. The maximum atomic E-state index is 11.8. The average molecular weight is 261 g/mol. The highest BCUT2D eigenvalue weighted by Crippen LogP contribution is 2.15. The van der Waals surface area contributed by atoms with Gasteiger partial charge in [-0.2, -0.15) is 0 Å². The molecule has 1 aromatic rings. The predicted molar refractivity (Wildman–Crippen MR) is 76.0 cm³/mol. The molecule has 1 aromatic heterocycles. The zero-order valence-corrected chi connectivity index (χ0v) is 11.6. The molecule has 0 aliphatic carbocycles. The van der Waals surface area contributed by atoms with Crippen LogP contribution in [0.1, 0.15) is 36.5 Å². The number of carbonyl (C=O) groups is 1. The Kier molecular flexibility index (Phi) is 5.33. The molecule has 2 heterocycles. The van der Waals surface area contributed by atoms with Crippen LogP contribution in [0.5, 0.6) is 0 Å². The largest absolute Gasteiger partial charge is 0.352 e. The van der Waals surface area contributed by atoms with Crippen LogP contribution >= 0.6 is 0 Å². The van der Waals surface area contributed by atoms with E-state index in [-0.39, 0.29) is 5.91 Å². The molecule has 0 spiro atoms. The van der Waals surface area contributed by atoms with Gasteiger partial charge in [0.25, 0.3) is 5.91 Å². The van der Waals surface area contributed by atoms with Crippen molar-refractivity contribution in [2.45, 2.75) is 26.2 Å². The number of nitrogens with zero attached hydrogens (tertiary/aromatic N) is 2. The minimum atomic E-state index is -0.00494. The highest BCUT2D eigenvalue weighted by Gasteiger charge is 2.14. The Morgan fingerprint density at radius 1 is 1.37 bits per heavy atom. The summed E-state index contributed by atoms with van der Waals surface area (Å²) in [5, 5.41) is 2.95. The Morgan fingerprint density at radius 2 is 2.05 bits per heavy atom. The number of pyridine rings is 1. The Morgan fingerprint density at radius 3 is 2.74 bits per heavy atom. The monoisotopic (exact) mass is 261 g/mol. The van der Waals surface area contributed by atoms with Crippen molar-refractivity contribution in [2.75, 3.05) is 26.2 Å². The van der Waals surface area contributed by atoms with Crippen LogP contribution in [0.4, 0.5) is 0 Å². The molecule has 1 fully saturated rings. The van der Waals surface area contributed by atoms with Gasteiger partial charge in [-0.3, -0.25) is 9.78 Å². The number of likely N-dealkylation sites (tertiary alicyclic amines) is 1. The normalized spacial score (nSPS) is 17.3. The summed E-state index contributed by atoms with van der Waals surface area (Å²) in [5.41, 5.74) is 0.682. The van der Waals surface area contributed by atoms with E-state index in [1.807, 2.05) is 0 Å². The third-order valence-electron chi connectivity index (χ3n) is 3.76. The summed E-state index contributed by atoms with van der Waals surface area (Å²) in [6.07, 6.45) is 6.92. The van der Waals surface area contributed by atoms with E-state index in [0.717, 1.165) is 25.4 Å². The molecule has 1 aliphatic rings. The molecule has 0 unspecified atom stereocenters. The van der Waals surface area contributed by atoms with E-state index >= 15 is 0 Å². The number of aromatic nitrogens is 1. The number of hydrogen-bond donors (Lipinski definition) is 1. The van der Waals surface area contributed by atoms with Gasteiger partial charge >= 0.3 is 0 Å². The molecule has 104 valence electrons. The van der Waals surface area contributed by atoms with Gasteiger partial charge in [-0.05, 0) is 56.9 Å². The van der Waals surface area contributed by atoms with E-state index in [1.54, 1.807) is 24.5 Å². The molecule has 2 rings (SSSR count). The molecule has 0 atom stereocenters. The topological polar surface area (TPSA) is 45.2 Å². The van der Waals surface area contributed by atoms with Crippen molar-refractivity contribution in [2.24, 2.45) is 5.92 Å². The first-order valence-electron chi connectivity index (χ1n) is 7.16. The summed E-state index contributed by atoms with van der Waals surface area (Å²) in [6.45, 7) is 6.57. The lowest BCUT2D eigenvalue weighted by Gasteiger charge is -2.30. The van der Waals surface area contributed by atoms with E-state index < -0.39 is 0 Å².